The van der Waals surface area contributed by atoms with Crippen molar-refractivity contribution in [2.24, 2.45) is 0 Å². The van der Waals surface area contributed by atoms with Gasteiger partial charge in [0.25, 0.3) is 11.2 Å². The number of rotatable bonds is 3. The van der Waals surface area contributed by atoms with Crippen LogP contribution < -0.4 is 14.8 Å². The lowest BCUT2D eigenvalue weighted by Crippen LogP contribution is -2.22. The van der Waals surface area contributed by atoms with Gasteiger partial charge in [-0.2, -0.15) is 0 Å². The first-order valence-corrected chi connectivity index (χ1v) is 8.14. The molecule has 0 radical (unpaired) electrons. The number of nitrogens with zero attached hydrogens (tertiary/aromatic N) is 3. The third-order valence-corrected chi connectivity index (χ3v) is 4.83. The van der Waals surface area contributed by atoms with E-state index in [1.807, 2.05) is 24.3 Å². The molecule has 4 rings (SSSR count). The van der Waals surface area contributed by atoms with Crippen molar-refractivity contribution in [1.82, 2.24) is 9.38 Å². The Bertz CT molecular complexity index is 1240. The molecule has 0 fully saturated rings. The van der Waals surface area contributed by atoms with E-state index in [2.05, 4.69) is 4.98 Å². The Labute approximate surface area is 144 Å². The number of non-ortho nitro benzene ring substituents is 1. The summed E-state index contributed by atoms with van der Waals surface area (Å²) in [4.78, 5) is 28.2. The van der Waals surface area contributed by atoms with E-state index < -0.39 is 4.92 Å². The van der Waals surface area contributed by atoms with Crippen LogP contribution in [0, 0.1) is 10.1 Å². The molecule has 0 aliphatic rings. The fourth-order valence-electron chi connectivity index (χ4n) is 2.69. The van der Waals surface area contributed by atoms with Crippen molar-refractivity contribution in [3.05, 3.63) is 73.0 Å². The summed E-state index contributed by atoms with van der Waals surface area (Å²) in [5, 5.41) is 11.0. The highest BCUT2D eigenvalue weighted by Crippen LogP contribution is 2.22. The summed E-state index contributed by atoms with van der Waals surface area (Å²) in [7, 11) is 1.57. The minimum absolute atomic E-state index is 0.0739. The van der Waals surface area contributed by atoms with Gasteiger partial charge in [0.05, 0.1) is 27.6 Å². The van der Waals surface area contributed by atoms with Gasteiger partial charge >= 0.3 is 0 Å². The van der Waals surface area contributed by atoms with E-state index in [9.17, 15) is 14.9 Å². The van der Waals surface area contributed by atoms with E-state index in [0.29, 0.717) is 26.3 Å². The van der Waals surface area contributed by atoms with Crippen molar-refractivity contribution in [2.45, 2.75) is 0 Å². The second kappa shape index (κ2) is 5.67. The summed E-state index contributed by atoms with van der Waals surface area (Å²) in [5.74, 6) is 0.661. The van der Waals surface area contributed by atoms with E-state index in [0.717, 1.165) is 5.56 Å². The van der Waals surface area contributed by atoms with Gasteiger partial charge in [-0.25, -0.2) is 9.38 Å². The SMILES string of the molecule is COc1ccccc1/C=c1\sc2nc3ccc([N+](=O)[O-])cc3n2c1=O. The van der Waals surface area contributed by atoms with Crippen LogP contribution in [0.3, 0.4) is 0 Å². The number of fused-ring (bicyclic) bond motifs is 3. The molecule has 0 saturated carbocycles. The molecule has 4 aromatic rings. The Hall–Kier alpha value is -3.26. The molecule has 124 valence electrons. The number of para-hydroxylation sites is 1. The van der Waals surface area contributed by atoms with Crippen molar-refractivity contribution in [3.8, 4) is 5.75 Å². The molecule has 0 saturated heterocycles. The molecule has 0 unspecified atom stereocenters. The van der Waals surface area contributed by atoms with Gasteiger partial charge in [-0.05, 0) is 18.2 Å². The summed E-state index contributed by atoms with van der Waals surface area (Å²) in [6, 6.07) is 11.7. The second-order valence-corrected chi connectivity index (χ2v) is 6.33. The minimum atomic E-state index is -0.489. The van der Waals surface area contributed by atoms with E-state index >= 15 is 0 Å². The molecule has 0 aliphatic heterocycles. The quantitative estimate of drug-likeness (QED) is 0.417. The first-order valence-electron chi connectivity index (χ1n) is 7.32. The standard InChI is InChI=1S/C17H11N3O4S/c1-24-14-5-3-2-4-10(14)8-15-16(21)19-13-9-11(20(22)23)6-7-12(13)18-17(19)25-15/h2-9H,1H3/b15-8-. The van der Waals surface area contributed by atoms with Gasteiger partial charge in [-0.15, -0.1) is 0 Å². The summed E-state index contributed by atoms with van der Waals surface area (Å²) in [5.41, 5.74) is 1.44. The zero-order valence-corrected chi connectivity index (χ0v) is 13.8. The number of hydrogen-bond donors (Lipinski definition) is 0. The van der Waals surface area contributed by atoms with Gasteiger partial charge in [-0.1, -0.05) is 29.5 Å². The van der Waals surface area contributed by atoms with Crippen LogP contribution in [0.25, 0.3) is 22.1 Å². The molecule has 2 aromatic heterocycles. The lowest BCUT2D eigenvalue weighted by molar-refractivity contribution is -0.384. The van der Waals surface area contributed by atoms with Gasteiger partial charge < -0.3 is 4.74 Å². The van der Waals surface area contributed by atoms with Gasteiger partial charge in [0, 0.05) is 17.7 Å². The largest absolute Gasteiger partial charge is 0.496 e. The fourth-order valence-corrected chi connectivity index (χ4v) is 3.67. The summed E-state index contributed by atoms with van der Waals surface area (Å²) < 4.78 is 7.20. The van der Waals surface area contributed by atoms with E-state index in [1.54, 1.807) is 19.3 Å². The van der Waals surface area contributed by atoms with Crippen LogP contribution in [0.4, 0.5) is 5.69 Å². The maximum Gasteiger partial charge on any atom is 0.274 e. The van der Waals surface area contributed by atoms with Crippen molar-refractivity contribution < 1.29 is 9.66 Å². The Balaban J connectivity index is 2.00. The number of methoxy groups -OCH3 is 1. The van der Waals surface area contributed by atoms with Crippen LogP contribution in [-0.4, -0.2) is 21.4 Å². The van der Waals surface area contributed by atoms with Crippen LogP contribution in [0.1, 0.15) is 5.56 Å². The zero-order valence-electron chi connectivity index (χ0n) is 13.0. The molecule has 8 heteroatoms. The highest BCUT2D eigenvalue weighted by Gasteiger charge is 2.15. The summed E-state index contributed by atoms with van der Waals surface area (Å²) in [6.45, 7) is 0. The number of benzene rings is 2. The van der Waals surface area contributed by atoms with Crippen molar-refractivity contribution >= 4 is 39.1 Å². The summed E-state index contributed by atoms with van der Waals surface area (Å²) in [6.07, 6.45) is 1.74. The monoisotopic (exact) mass is 353 g/mol. The highest BCUT2D eigenvalue weighted by atomic mass is 32.1. The molecule has 2 heterocycles. The molecule has 0 atom stereocenters. The fraction of sp³-hybridized carbons (Fsp3) is 0.0588. The van der Waals surface area contributed by atoms with Crippen molar-refractivity contribution in [3.63, 3.8) is 0 Å². The molecule has 7 nitrogen and oxygen atoms in total. The average Bonchev–Trinajstić information content (AvgIpc) is 3.11. The molecule has 0 bridgehead atoms. The second-order valence-electron chi connectivity index (χ2n) is 5.32. The Kier molecular flexibility index (Phi) is 3.47. The highest BCUT2D eigenvalue weighted by molar-refractivity contribution is 7.15. The molecule has 2 aromatic carbocycles. The van der Waals surface area contributed by atoms with Crippen LogP contribution in [0.2, 0.25) is 0 Å². The minimum Gasteiger partial charge on any atom is -0.496 e. The Morgan fingerprint density at radius 3 is 2.84 bits per heavy atom. The molecular weight excluding hydrogens is 342 g/mol. The molecule has 0 aliphatic carbocycles. The topological polar surface area (TPSA) is 86.7 Å². The number of aromatic nitrogens is 2. The van der Waals surface area contributed by atoms with E-state index in [-0.39, 0.29) is 11.2 Å². The molecule has 0 N–H and O–H groups in total. The number of thiazole rings is 1. The maximum absolute atomic E-state index is 12.8. The first-order chi connectivity index (χ1) is 12.1. The van der Waals surface area contributed by atoms with Gasteiger partial charge in [0.2, 0.25) is 0 Å². The average molecular weight is 353 g/mol. The van der Waals surface area contributed by atoms with Crippen LogP contribution >= 0.6 is 11.3 Å². The Morgan fingerprint density at radius 1 is 1.28 bits per heavy atom. The zero-order chi connectivity index (χ0) is 17.6. The molecule has 25 heavy (non-hydrogen) atoms. The normalized spacial score (nSPS) is 12.1. The lowest BCUT2D eigenvalue weighted by Gasteiger charge is -2.02. The molecule has 0 spiro atoms. The number of nitro groups is 1. The van der Waals surface area contributed by atoms with Gasteiger partial charge in [-0.3, -0.25) is 14.9 Å². The third-order valence-electron chi connectivity index (χ3n) is 3.86. The molecule has 0 amide bonds. The molecular formula is C17H11N3O4S. The first kappa shape index (κ1) is 15.3. The summed E-state index contributed by atoms with van der Waals surface area (Å²) >= 11 is 1.24. The number of imidazole rings is 1. The van der Waals surface area contributed by atoms with Crippen LogP contribution in [-0.2, 0) is 0 Å². The van der Waals surface area contributed by atoms with Gasteiger partial charge in [0.15, 0.2) is 4.96 Å². The number of ether oxygens (including phenoxy) is 1. The number of hydrogen-bond acceptors (Lipinski definition) is 6. The van der Waals surface area contributed by atoms with Crippen molar-refractivity contribution in [1.29, 1.82) is 0 Å². The maximum atomic E-state index is 12.8. The van der Waals surface area contributed by atoms with E-state index in [1.165, 1.54) is 27.9 Å². The van der Waals surface area contributed by atoms with Crippen LogP contribution in [0.5, 0.6) is 5.75 Å². The predicted molar refractivity (Wildman–Crippen MR) is 95.3 cm³/mol. The van der Waals surface area contributed by atoms with Crippen LogP contribution in [0.15, 0.2) is 47.3 Å². The smallest absolute Gasteiger partial charge is 0.274 e. The number of nitro benzene ring substituents is 1. The predicted octanol–water partition coefficient (Wildman–Crippen LogP) is 2.37. The third kappa shape index (κ3) is 2.43. The van der Waals surface area contributed by atoms with Gasteiger partial charge in [0.1, 0.15) is 5.75 Å². The van der Waals surface area contributed by atoms with Crippen molar-refractivity contribution in [2.75, 3.05) is 7.11 Å². The Morgan fingerprint density at radius 2 is 2.08 bits per heavy atom. The van der Waals surface area contributed by atoms with E-state index in [4.69, 9.17) is 4.74 Å². The lowest BCUT2D eigenvalue weighted by atomic mass is 10.2.